The predicted molar refractivity (Wildman–Crippen MR) is 69.1 cm³/mol. The Kier molecular flexibility index (Phi) is 3.96. The number of rotatable bonds is 4. The topological polar surface area (TPSA) is 56.1 Å². The van der Waals surface area contributed by atoms with Gasteiger partial charge in [0, 0.05) is 25.2 Å². The van der Waals surface area contributed by atoms with Crippen LogP contribution in [-0.4, -0.2) is 36.5 Å². The lowest BCUT2D eigenvalue weighted by Gasteiger charge is -2.38. The molecule has 0 aliphatic carbocycles. The minimum absolute atomic E-state index is 0.0628. The van der Waals surface area contributed by atoms with Crippen LogP contribution in [0.3, 0.4) is 0 Å². The first kappa shape index (κ1) is 12.6. The zero-order valence-corrected chi connectivity index (χ0v) is 10.5. The molecule has 18 heavy (non-hydrogen) atoms. The Hall–Kier alpha value is -1.86. The second kappa shape index (κ2) is 5.65. The molecule has 1 amide bonds. The van der Waals surface area contributed by atoms with Crippen LogP contribution in [0.4, 0.5) is 0 Å². The highest BCUT2D eigenvalue weighted by Gasteiger charge is 2.28. The summed E-state index contributed by atoms with van der Waals surface area (Å²) in [4.78, 5) is 14.3. The third kappa shape index (κ3) is 2.52. The maximum atomic E-state index is 12.4. The molecule has 0 spiro atoms. The maximum absolute atomic E-state index is 12.4. The molecule has 0 radical (unpaired) electrons. The molecule has 4 heteroatoms. The fourth-order valence-electron chi connectivity index (χ4n) is 2.04. The Morgan fingerprint density at radius 1 is 1.44 bits per heavy atom. The van der Waals surface area contributed by atoms with Crippen molar-refractivity contribution in [1.29, 1.82) is 5.26 Å². The van der Waals surface area contributed by atoms with Gasteiger partial charge in [-0.1, -0.05) is 6.92 Å². The van der Waals surface area contributed by atoms with E-state index in [-0.39, 0.29) is 5.91 Å². The van der Waals surface area contributed by atoms with Gasteiger partial charge in [0.25, 0.3) is 5.91 Å². The Bertz CT molecular complexity index is 457. The molecule has 1 aromatic rings. The second-order valence-corrected chi connectivity index (χ2v) is 4.50. The van der Waals surface area contributed by atoms with Gasteiger partial charge in [-0.3, -0.25) is 4.79 Å². The lowest BCUT2D eigenvalue weighted by molar-refractivity contribution is 0.0616. The van der Waals surface area contributed by atoms with E-state index in [1.165, 1.54) is 0 Å². The molecule has 1 N–H and O–H groups in total. The molecule has 1 heterocycles. The van der Waals surface area contributed by atoms with Gasteiger partial charge >= 0.3 is 0 Å². The van der Waals surface area contributed by atoms with E-state index in [2.05, 4.69) is 18.3 Å². The largest absolute Gasteiger partial charge is 0.333 e. The molecule has 2 rings (SSSR count). The SMILES string of the molecule is CCCN(C(=O)c1ccc(C#N)cc1)C1CNC1. The van der Waals surface area contributed by atoms with Crippen molar-refractivity contribution >= 4 is 5.91 Å². The van der Waals surface area contributed by atoms with Crippen molar-refractivity contribution in [2.24, 2.45) is 0 Å². The van der Waals surface area contributed by atoms with Crippen LogP contribution >= 0.6 is 0 Å². The molecule has 0 aromatic heterocycles. The Balaban J connectivity index is 2.13. The molecule has 4 nitrogen and oxygen atoms in total. The molecule has 0 unspecified atom stereocenters. The van der Waals surface area contributed by atoms with Crippen molar-refractivity contribution in [1.82, 2.24) is 10.2 Å². The first-order chi connectivity index (χ1) is 8.76. The standard InChI is InChI=1S/C14H17N3O/c1-2-7-17(13-9-16-10-13)14(18)12-5-3-11(8-15)4-6-12/h3-6,13,16H,2,7,9-10H2,1H3. The van der Waals surface area contributed by atoms with Crippen LogP contribution in [0.2, 0.25) is 0 Å². The van der Waals surface area contributed by atoms with E-state index in [9.17, 15) is 4.79 Å². The first-order valence-corrected chi connectivity index (χ1v) is 6.28. The molecule has 0 saturated carbocycles. The van der Waals surface area contributed by atoms with E-state index in [1.54, 1.807) is 24.3 Å². The summed E-state index contributed by atoms with van der Waals surface area (Å²) in [6, 6.07) is 9.22. The van der Waals surface area contributed by atoms with Crippen molar-refractivity contribution in [3.8, 4) is 6.07 Å². The number of nitrogens with one attached hydrogen (secondary N) is 1. The van der Waals surface area contributed by atoms with E-state index in [4.69, 9.17) is 5.26 Å². The normalized spacial score (nSPS) is 14.7. The average Bonchev–Trinajstić information content (AvgIpc) is 2.35. The van der Waals surface area contributed by atoms with Gasteiger partial charge in [0.15, 0.2) is 0 Å². The van der Waals surface area contributed by atoms with Crippen molar-refractivity contribution in [2.75, 3.05) is 19.6 Å². The summed E-state index contributed by atoms with van der Waals surface area (Å²) < 4.78 is 0. The quantitative estimate of drug-likeness (QED) is 0.869. The summed E-state index contributed by atoms with van der Waals surface area (Å²) >= 11 is 0. The molecule has 1 fully saturated rings. The Morgan fingerprint density at radius 2 is 2.11 bits per heavy atom. The van der Waals surface area contributed by atoms with Crippen molar-refractivity contribution in [3.63, 3.8) is 0 Å². The van der Waals surface area contributed by atoms with E-state index >= 15 is 0 Å². The van der Waals surface area contributed by atoms with Crippen LogP contribution in [-0.2, 0) is 0 Å². The second-order valence-electron chi connectivity index (χ2n) is 4.50. The van der Waals surface area contributed by atoms with Gasteiger partial charge in [0.1, 0.15) is 0 Å². The highest BCUT2D eigenvalue weighted by molar-refractivity contribution is 5.94. The van der Waals surface area contributed by atoms with E-state index in [0.29, 0.717) is 17.2 Å². The van der Waals surface area contributed by atoms with Crippen LogP contribution in [0, 0.1) is 11.3 Å². The third-order valence-electron chi connectivity index (χ3n) is 3.19. The minimum atomic E-state index is 0.0628. The van der Waals surface area contributed by atoms with Gasteiger partial charge in [-0.15, -0.1) is 0 Å². The average molecular weight is 243 g/mol. The number of amides is 1. The van der Waals surface area contributed by atoms with Gasteiger partial charge in [0.2, 0.25) is 0 Å². The number of carbonyl (C=O) groups excluding carboxylic acids is 1. The van der Waals surface area contributed by atoms with E-state index in [1.807, 2.05) is 4.90 Å². The highest BCUT2D eigenvalue weighted by atomic mass is 16.2. The molecule has 1 aromatic carbocycles. The fourth-order valence-corrected chi connectivity index (χ4v) is 2.04. The maximum Gasteiger partial charge on any atom is 0.254 e. The smallest absolute Gasteiger partial charge is 0.254 e. The van der Waals surface area contributed by atoms with Crippen molar-refractivity contribution in [3.05, 3.63) is 35.4 Å². The Morgan fingerprint density at radius 3 is 2.56 bits per heavy atom. The molecule has 0 atom stereocenters. The molecular formula is C14H17N3O. The number of carbonyl (C=O) groups is 1. The van der Waals surface area contributed by atoms with E-state index < -0.39 is 0 Å². The molecular weight excluding hydrogens is 226 g/mol. The van der Waals surface area contributed by atoms with Crippen molar-refractivity contribution in [2.45, 2.75) is 19.4 Å². The summed E-state index contributed by atoms with van der Waals surface area (Å²) in [7, 11) is 0. The molecule has 0 bridgehead atoms. The van der Waals surface area contributed by atoms with E-state index in [0.717, 1.165) is 26.1 Å². The van der Waals surface area contributed by atoms with Crippen LogP contribution in [0.25, 0.3) is 0 Å². The van der Waals surface area contributed by atoms with Crippen LogP contribution in [0.5, 0.6) is 0 Å². The van der Waals surface area contributed by atoms with Crippen LogP contribution < -0.4 is 5.32 Å². The minimum Gasteiger partial charge on any atom is -0.333 e. The molecule has 1 aliphatic rings. The lowest BCUT2D eigenvalue weighted by atomic mass is 10.1. The van der Waals surface area contributed by atoms with Crippen LogP contribution in [0.1, 0.15) is 29.3 Å². The van der Waals surface area contributed by atoms with Crippen LogP contribution in [0.15, 0.2) is 24.3 Å². The summed E-state index contributed by atoms with van der Waals surface area (Å²) in [5.41, 5.74) is 1.24. The number of nitrogens with zero attached hydrogens (tertiary/aromatic N) is 2. The third-order valence-corrected chi connectivity index (χ3v) is 3.19. The van der Waals surface area contributed by atoms with Gasteiger partial charge < -0.3 is 10.2 Å². The summed E-state index contributed by atoms with van der Waals surface area (Å²) in [6.07, 6.45) is 0.957. The monoisotopic (exact) mass is 243 g/mol. The molecule has 1 saturated heterocycles. The van der Waals surface area contributed by atoms with Crippen molar-refractivity contribution < 1.29 is 4.79 Å². The zero-order valence-electron chi connectivity index (χ0n) is 10.5. The van der Waals surface area contributed by atoms with Gasteiger partial charge in [-0.05, 0) is 30.7 Å². The summed E-state index contributed by atoms with van der Waals surface area (Å²) in [6.45, 7) is 4.61. The fraction of sp³-hybridized carbons (Fsp3) is 0.429. The van der Waals surface area contributed by atoms with Gasteiger partial charge in [-0.25, -0.2) is 0 Å². The Labute approximate surface area is 107 Å². The molecule has 1 aliphatic heterocycles. The summed E-state index contributed by atoms with van der Waals surface area (Å²) in [5, 5.41) is 11.9. The number of hydrogen-bond acceptors (Lipinski definition) is 3. The molecule has 94 valence electrons. The number of benzene rings is 1. The van der Waals surface area contributed by atoms with Gasteiger partial charge in [-0.2, -0.15) is 5.26 Å². The predicted octanol–water partition coefficient (Wildman–Crippen LogP) is 1.38. The summed E-state index contributed by atoms with van der Waals surface area (Å²) in [5.74, 6) is 0.0628. The highest BCUT2D eigenvalue weighted by Crippen LogP contribution is 2.13. The van der Waals surface area contributed by atoms with Gasteiger partial charge in [0.05, 0.1) is 17.7 Å². The zero-order chi connectivity index (χ0) is 13.0. The number of hydrogen-bond donors (Lipinski definition) is 1. The lowest BCUT2D eigenvalue weighted by Crippen LogP contribution is -2.59. The number of nitriles is 1. The first-order valence-electron chi connectivity index (χ1n) is 6.28.